The van der Waals surface area contributed by atoms with Crippen LogP contribution in [0.4, 0.5) is 0 Å². The van der Waals surface area contributed by atoms with Gasteiger partial charge in [-0.2, -0.15) is 4.98 Å². The number of carbonyl (C=O) groups excluding carboxylic acids is 2. The van der Waals surface area contributed by atoms with Crippen LogP contribution in [0, 0.1) is 12.8 Å². The summed E-state index contributed by atoms with van der Waals surface area (Å²) in [7, 11) is 3.14. The van der Waals surface area contributed by atoms with Gasteiger partial charge >= 0.3 is 0 Å². The van der Waals surface area contributed by atoms with Crippen LogP contribution in [-0.2, 0) is 16.1 Å². The number of likely N-dealkylation sites (tertiary alicyclic amines) is 1. The van der Waals surface area contributed by atoms with Crippen LogP contribution in [0.25, 0.3) is 10.2 Å². The van der Waals surface area contributed by atoms with Gasteiger partial charge in [-0.25, -0.2) is 4.98 Å². The van der Waals surface area contributed by atoms with E-state index in [0.717, 1.165) is 23.8 Å². The minimum Gasteiger partial charge on any atom is -0.480 e. The second-order valence-corrected chi connectivity index (χ2v) is 8.57. The summed E-state index contributed by atoms with van der Waals surface area (Å²) >= 11 is 1.35. The fraction of sp³-hybridized carbons (Fsp3) is 0.600. The number of hydrogen-bond donors (Lipinski definition) is 1. The maximum atomic E-state index is 13.3. The number of nitrogens with one attached hydrogen (secondary N) is 1. The molecule has 1 aliphatic heterocycles. The second-order valence-electron chi connectivity index (χ2n) is 7.57. The molecule has 1 unspecified atom stereocenters. The van der Waals surface area contributed by atoms with Gasteiger partial charge in [-0.1, -0.05) is 13.8 Å². The topological polar surface area (TPSA) is 93.7 Å². The molecule has 1 aliphatic rings. The highest BCUT2D eigenvalue weighted by Gasteiger charge is 2.29. The number of hydrogen-bond acceptors (Lipinski definition) is 7. The monoisotopic (exact) mass is 420 g/mol. The van der Waals surface area contributed by atoms with Crippen molar-refractivity contribution in [3.05, 3.63) is 16.3 Å². The van der Waals surface area contributed by atoms with Crippen LogP contribution in [0.2, 0.25) is 0 Å². The highest BCUT2D eigenvalue weighted by Crippen LogP contribution is 2.36. The summed E-state index contributed by atoms with van der Waals surface area (Å²) in [5.41, 5.74) is 0.823. The first kappa shape index (κ1) is 21.4. The molecule has 0 aliphatic carbocycles. The highest BCUT2D eigenvalue weighted by molar-refractivity contribution is 7.20. The fourth-order valence-electron chi connectivity index (χ4n) is 3.48. The first-order valence-corrected chi connectivity index (χ1v) is 10.6. The Morgan fingerprint density at radius 2 is 2.07 bits per heavy atom. The van der Waals surface area contributed by atoms with E-state index in [0.29, 0.717) is 34.5 Å². The third-order valence-electron chi connectivity index (χ3n) is 5.04. The van der Waals surface area contributed by atoms with E-state index >= 15 is 0 Å². The molecule has 0 radical (unpaired) electrons. The molecular weight excluding hydrogens is 392 g/mol. The van der Waals surface area contributed by atoms with Crippen LogP contribution >= 0.6 is 11.3 Å². The van der Waals surface area contributed by atoms with Crippen LogP contribution < -0.4 is 10.1 Å². The van der Waals surface area contributed by atoms with Gasteiger partial charge in [-0.3, -0.25) is 9.59 Å². The Morgan fingerprint density at radius 1 is 1.31 bits per heavy atom. The van der Waals surface area contributed by atoms with Crippen LogP contribution in [0.5, 0.6) is 5.88 Å². The summed E-state index contributed by atoms with van der Waals surface area (Å²) in [5.74, 6) is 0.887. The van der Waals surface area contributed by atoms with Crippen molar-refractivity contribution in [1.29, 1.82) is 0 Å². The van der Waals surface area contributed by atoms with Gasteiger partial charge in [-0.05, 0) is 25.3 Å². The second kappa shape index (κ2) is 9.04. The van der Waals surface area contributed by atoms with E-state index in [1.165, 1.54) is 11.3 Å². The minimum atomic E-state index is -0.0711. The van der Waals surface area contributed by atoms with Crippen molar-refractivity contribution >= 4 is 33.4 Å². The molecule has 8 nitrogen and oxygen atoms in total. The van der Waals surface area contributed by atoms with E-state index < -0.39 is 0 Å². The normalized spacial score (nSPS) is 17.0. The van der Waals surface area contributed by atoms with Crippen LogP contribution in [0.1, 0.15) is 47.7 Å². The molecule has 29 heavy (non-hydrogen) atoms. The molecule has 2 aromatic heterocycles. The molecule has 158 valence electrons. The number of nitrogens with zero attached hydrogens (tertiary/aromatic N) is 3. The predicted octanol–water partition coefficient (Wildman–Crippen LogP) is 2.53. The Morgan fingerprint density at radius 3 is 2.72 bits per heavy atom. The highest BCUT2D eigenvalue weighted by atomic mass is 32.1. The largest absolute Gasteiger partial charge is 0.480 e. The van der Waals surface area contributed by atoms with E-state index in [9.17, 15) is 9.59 Å². The fourth-order valence-corrected chi connectivity index (χ4v) is 4.64. The molecule has 0 spiro atoms. The summed E-state index contributed by atoms with van der Waals surface area (Å²) in [5, 5.41) is 3.82. The number of amides is 2. The lowest BCUT2D eigenvalue weighted by Crippen LogP contribution is -2.50. The van der Waals surface area contributed by atoms with E-state index in [-0.39, 0.29) is 30.4 Å². The Bertz CT molecular complexity index is 912. The first-order valence-electron chi connectivity index (χ1n) is 9.78. The van der Waals surface area contributed by atoms with Gasteiger partial charge in [0.2, 0.25) is 11.8 Å². The van der Waals surface area contributed by atoms with Gasteiger partial charge in [-0.15, -0.1) is 11.3 Å². The van der Waals surface area contributed by atoms with Gasteiger partial charge in [0.1, 0.15) is 11.4 Å². The third-order valence-corrected chi connectivity index (χ3v) is 6.22. The van der Waals surface area contributed by atoms with E-state index in [1.54, 1.807) is 14.2 Å². The maximum absolute atomic E-state index is 13.3. The maximum Gasteiger partial charge on any atom is 0.264 e. The summed E-state index contributed by atoms with van der Waals surface area (Å²) in [6, 6.07) is -0.0140. The molecule has 0 aromatic carbocycles. The molecule has 1 saturated heterocycles. The van der Waals surface area contributed by atoms with Gasteiger partial charge in [0.25, 0.3) is 5.91 Å². The molecule has 1 fully saturated rings. The van der Waals surface area contributed by atoms with E-state index in [2.05, 4.69) is 15.3 Å². The number of carbonyl (C=O) groups is 2. The summed E-state index contributed by atoms with van der Waals surface area (Å²) in [6.45, 7) is 7.11. The van der Waals surface area contributed by atoms with Crippen LogP contribution in [-0.4, -0.2) is 60.0 Å². The molecule has 0 saturated carbocycles. The lowest BCUT2D eigenvalue weighted by atomic mass is 10.0. The molecular formula is C20H28N4O4S. The van der Waals surface area contributed by atoms with Crippen molar-refractivity contribution in [3.63, 3.8) is 0 Å². The number of aryl methyl sites for hydroxylation is 1. The van der Waals surface area contributed by atoms with Crippen molar-refractivity contribution in [2.45, 2.75) is 46.3 Å². The predicted molar refractivity (Wildman–Crippen MR) is 111 cm³/mol. The van der Waals surface area contributed by atoms with Crippen molar-refractivity contribution in [3.8, 4) is 5.88 Å². The number of rotatable bonds is 6. The molecule has 2 amide bonds. The van der Waals surface area contributed by atoms with Crippen LogP contribution in [0.3, 0.4) is 0 Å². The lowest BCUT2D eigenvalue weighted by Gasteiger charge is -2.33. The van der Waals surface area contributed by atoms with Gasteiger partial charge in [0.15, 0.2) is 5.82 Å². The Balaban J connectivity index is 1.86. The number of fused-ring (bicyclic) bond motifs is 1. The number of thiophene rings is 1. The zero-order valence-electron chi connectivity index (χ0n) is 17.6. The van der Waals surface area contributed by atoms with Crippen molar-refractivity contribution in [2.75, 3.05) is 27.3 Å². The van der Waals surface area contributed by atoms with Gasteiger partial charge < -0.3 is 19.7 Å². The number of piperidine rings is 1. The van der Waals surface area contributed by atoms with Gasteiger partial charge in [0.05, 0.1) is 17.4 Å². The average molecular weight is 421 g/mol. The summed E-state index contributed by atoms with van der Waals surface area (Å²) in [4.78, 5) is 37.4. The molecule has 1 atom stereocenters. The van der Waals surface area contributed by atoms with Crippen molar-refractivity contribution in [1.82, 2.24) is 20.2 Å². The Kier molecular flexibility index (Phi) is 6.69. The van der Waals surface area contributed by atoms with Crippen molar-refractivity contribution in [2.24, 2.45) is 5.92 Å². The SMILES string of the molecule is COCc1nc(OC)c2c(C)c(C(=O)N3CCCC(NC(=O)C(C)C)C3)sc2n1. The lowest BCUT2D eigenvalue weighted by molar-refractivity contribution is -0.125. The molecule has 1 N–H and O–H groups in total. The smallest absolute Gasteiger partial charge is 0.264 e. The molecule has 0 bridgehead atoms. The number of methoxy groups -OCH3 is 2. The minimum absolute atomic E-state index is 0.0140. The molecule has 3 heterocycles. The number of aromatic nitrogens is 2. The number of ether oxygens (including phenoxy) is 2. The zero-order chi connectivity index (χ0) is 21.1. The Hall–Kier alpha value is -2.26. The zero-order valence-corrected chi connectivity index (χ0v) is 18.4. The molecule has 3 rings (SSSR count). The standard InChI is InChI=1S/C20H28N4O4S/c1-11(2)17(25)21-13-7-6-8-24(9-13)20(26)16-12(3)15-18(28-5)22-14(10-27-4)23-19(15)29-16/h11,13H,6-10H2,1-5H3,(H,21,25). The third kappa shape index (κ3) is 4.51. The van der Waals surface area contributed by atoms with Crippen LogP contribution in [0.15, 0.2) is 0 Å². The summed E-state index contributed by atoms with van der Waals surface area (Å²) < 4.78 is 10.6. The average Bonchev–Trinajstić information content (AvgIpc) is 3.03. The van der Waals surface area contributed by atoms with E-state index in [4.69, 9.17) is 9.47 Å². The quantitative estimate of drug-likeness (QED) is 0.772. The van der Waals surface area contributed by atoms with Crippen molar-refractivity contribution < 1.29 is 19.1 Å². The van der Waals surface area contributed by atoms with Gasteiger partial charge in [0, 0.05) is 32.2 Å². The molecule has 9 heteroatoms. The Labute approximate surface area is 174 Å². The summed E-state index contributed by atoms with van der Waals surface area (Å²) in [6.07, 6.45) is 1.74. The first-order chi connectivity index (χ1) is 13.8. The van der Waals surface area contributed by atoms with E-state index in [1.807, 2.05) is 25.7 Å². The molecule has 2 aromatic rings.